The van der Waals surface area contributed by atoms with Crippen LogP contribution < -0.4 is 4.72 Å². The number of fused-ring (bicyclic) bond motifs is 1. The van der Waals surface area contributed by atoms with Crippen molar-refractivity contribution in [2.75, 3.05) is 4.72 Å². The number of aryl methyl sites for hydroxylation is 2. The summed E-state index contributed by atoms with van der Waals surface area (Å²) >= 11 is 6.01. The lowest BCUT2D eigenvalue weighted by atomic mass is 10.0. The lowest BCUT2D eigenvalue weighted by Gasteiger charge is -2.07. The van der Waals surface area contributed by atoms with Gasteiger partial charge >= 0.3 is 0 Å². The average Bonchev–Trinajstić information content (AvgIpc) is 3.27. The van der Waals surface area contributed by atoms with Crippen molar-refractivity contribution in [3.8, 4) is 11.8 Å². The Morgan fingerprint density at radius 1 is 1.17 bits per heavy atom. The van der Waals surface area contributed by atoms with E-state index in [1.54, 1.807) is 6.92 Å². The molecular weight excluding hydrogens is 414 g/mol. The fraction of sp³-hybridized carbons (Fsp3) is 0.200. The molecular formula is C20H16ClN3O4S. The first-order chi connectivity index (χ1) is 13.8. The van der Waals surface area contributed by atoms with Crippen LogP contribution in [0, 0.1) is 25.7 Å². The van der Waals surface area contributed by atoms with Gasteiger partial charge in [-0.2, -0.15) is 0 Å². The topological polar surface area (TPSA) is 94.3 Å². The molecule has 0 atom stereocenters. The predicted octanol–water partition coefficient (Wildman–Crippen LogP) is 3.57. The normalized spacial score (nSPS) is 12.9. The third kappa shape index (κ3) is 3.85. The molecule has 0 spiro atoms. The zero-order chi connectivity index (χ0) is 20.6. The van der Waals surface area contributed by atoms with E-state index in [1.165, 1.54) is 18.3 Å². The molecule has 1 aliphatic rings. The number of ether oxygens (including phenoxy) is 1. The molecule has 2 aromatic heterocycles. The van der Waals surface area contributed by atoms with E-state index in [2.05, 4.69) is 26.7 Å². The van der Waals surface area contributed by atoms with E-state index in [1.807, 2.05) is 19.1 Å². The van der Waals surface area contributed by atoms with E-state index in [9.17, 15) is 8.42 Å². The average molecular weight is 430 g/mol. The predicted molar refractivity (Wildman–Crippen MR) is 107 cm³/mol. The molecule has 1 aliphatic heterocycles. The van der Waals surface area contributed by atoms with Gasteiger partial charge < -0.3 is 9.26 Å². The van der Waals surface area contributed by atoms with Gasteiger partial charge in [-0.3, -0.25) is 0 Å². The minimum absolute atomic E-state index is 0.0835. The molecule has 0 bridgehead atoms. The van der Waals surface area contributed by atoms with Crippen molar-refractivity contribution in [3.63, 3.8) is 0 Å². The number of anilines is 1. The Hall–Kier alpha value is -2.86. The molecule has 0 aliphatic carbocycles. The Balaban J connectivity index is 1.70. The molecule has 1 N–H and O–H groups in total. The highest BCUT2D eigenvalue weighted by atomic mass is 35.5. The number of aromatic nitrogens is 2. The Morgan fingerprint density at radius 2 is 1.93 bits per heavy atom. The van der Waals surface area contributed by atoms with Crippen LogP contribution in [0.2, 0.25) is 5.02 Å². The summed E-state index contributed by atoms with van der Waals surface area (Å²) in [6.45, 7) is 4.71. The molecule has 29 heavy (non-hydrogen) atoms. The van der Waals surface area contributed by atoms with Gasteiger partial charge in [0, 0.05) is 11.8 Å². The maximum absolute atomic E-state index is 12.8. The monoisotopic (exact) mass is 429 g/mol. The maximum Gasteiger partial charge on any atom is 0.267 e. The van der Waals surface area contributed by atoms with E-state index in [0.717, 1.165) is 22.3 Å². The number of halogens is 1. The largest absolute Gasteiger partial charge is 0.372 e. The molecule has 0 amide bonds. The van der Waals surface area contributed by atoms with Crippen LogP contribution in [-0.4, -0.2) is 18.6 Å². The van der Waals surface area contributed by atoms with Gasteiger partial charge in [0.15, 0.2) is 0 Å². The van der Waals surface area contributed by atoms with Gasteiger partial charge in [-0.05, 0) is 54.7 Å². The molecule has 3 heterocycles. The van der Waals surface area contributed by atoms with Gasteiger partial charge in [0.25, 0.3) is 15.9 Å². The third-order valence-corrected chi connectivity index (χ3v) is 6.26. The van der Waals surface area contributed by atoms with Crippen molar-refractivity contribution < 1.29 is 17.7 Å². The van der Waals surface area contributed by atoms with Crippen molar-refractivity contribution in [3.05, 3.63) is 69.1 Å². The van der Waals surface area contributed by atoms with Gasteiger partial charge in [0.1, 0.15) is 21.3 Å². The molecule has 0 radical (unpaired) electrons. The molecule has 0 fully saturated rings. The minimum atomic E-state index is -4.03. The number of hydrogen-bond acceptors (Lipinski definition) is 6. The van der Waals surface area contributed by atoms with Crippen LogP contribution in [-0.2, 0) is 28.0 Å². The highest BCUT2D eigenvalue weighted by molar-refractivity contribution is 7.92. The second-order valence-corrected chi connectivity index (χ2v) is 8.57. The quantitative estimate of drug-likeness (QED) is 0.639. The van der Waals surface area contributed by atoms with Crippen molar-refractivity contribution in [2.45, 2.75) is 32.0 Å². The smallest absolute Gasteiger partial charge is 0.267 e. The van der Waals surface area contributed by atoms with E-state index < -0.39 is 10.0 Å². The van der Waals surface area contributed by atoms with Crippen LogP contribution in [0.1, 0.15) is 33.6 Å². The highest BCUT2D eigenvalue weighted by Gasteiger charge is 2.23. The zero-order valence-electron chi connectivity index (χ0n) is 15.6. The van der Waals surface area contributed by atoms with Crippen LogP contribution in [0.25, 0.3) is 0 Å². The standard InChI is InChI=1S/C20H16ClN3O4S/c1-12-8-15-10-27-11-16(15)9-14(12)5-6-17-18(4-3-7-22-17)29(25,26)24-20-19(21)13(2)23-28-20/h3-4,7-9,24H,10-11H2,1-2H3. The summed E-state index contributed by atoms with van der Waals surface area (Å²) in [5, 5.41) is 3.74. The molecule has 7 nitrogen and oxygen atoms in total. The van der Waals surface area contributed by atoms with Gasteiger partial charge in [-0.1, -0.05) is 28.7 Å². The number of sulfonamides is 1. The molecule has 3 aromatic rings. The Morgan fingerprint density at radius 3 is 2.66 bits per heavy atom. The molecule has 4 rings (SSSR count). The van der Waals surface area contributed by atoms with Gasteiger partial charge in [0.05, 0.1) is 13.2 Å². The van der Waals surface area contributed by atoms with Crippen LogP contribution in [0.4, 0.5) is 5.88 Å². The Bertz CT molecular complexity index is 1270. The lowest BCUT2D eigenvalue weighted by molar-refractivity contribution is 0.134. The molecule has 0 unspecified atom stereocenters. The number of hydrogen-bond donors (Lipinski definition) is 1. The number of pyridine rings is 1. The number of benzene rings is 1. The van der Waals surface area contributed by atoms with E-state index in [4.69, 9.17) is 20.9 Å². The van der Waals surface area contributed by atoms with Crippen molar-refractivity contribution >= 4 is 27.5 Å². The number of nitrogens with zero attached hydrogens (tertiary/aromatic N) is 2. The van der Waals surface area contributed by atoms with Crippen LogP contribution >= 0.6 is 11.6 Å². The van der Waals surface area contributed by atoms with Gasteiger partial charge in [-0.15, -0.1) is 0 Å². The number of rotatable bonds is 3. The summed E-state index contributed by atoms with van der Waals surface area (Å²) < 4.78 is 38.3. The minimum Gasteiger partial charge on any atom is -0.372 e. The molecule has 0 saturated heterocycles. The van der Waals surface area contributed by atoms with Crippen molar-refractivity contribution in [1.82, 2.24) is 10.1 Å². The second-order valence-electron chi connectivity index (χ2n) is 6.55. The van der Waals surface area contributed by atoms with Crippen molar-refractivity contribution in [1.29, 1.82) is 0 Å². The van der Waals surface area contributed by atoms with Crippen LogP contribution in [0.15, 0.2) is 39.9 Å². The Kier molecular flexibility index (Phi) is 5.04. The van der Waals surface area contributed by atoms with E-state index >= 15 is 0 Å². The molecule has 0 saturated carbocycles. The maximum atomic E-state index is 12.8. The SMILES string of the molecule is Cc1cc2c(cc1C#Cc1ncccc1S(=O)(=O)Nc1onc(C)c1Cl)COC2. The zero-order valence-corrected chi connectivity index (χ0v) is 17.2. The Labute approximate surface area is 173 Å². The molecule has 9 heteroatoms. The number of nitrogens with one attached hydrogen (secondary N) is 1. The van der Waals surface area contributed by atoms with Crippen LogP contribution in [0.3, 0.4) is 0 Å². The summed E-state index contributed by atoms with van der Waals surface area (Å²) in [6, 6.07) is 6.94. The first kappa shape index (κ1) is 19.5. The molecule has 148 valence electrons. The van der Waals surface area contributed by atoms with Gasteiger partial charge in [-0.25, -0.2) is 18.1 Å². The fourth-order valence-corrected chi connectivity index (χ4v) is 4.20. The highest BCUT2D eigenvalue weighted by Crippen LogP contribution is 2.28. The summed E-state index contributed by atoms with van der Waals surface area (Å²) in [5.41, 5.74) is 4.52. The van der Waals surface area contributed by atoms with E-state index in [-0.39, 0.29) is 21.5 Å². The van der Waals surface area contributed by atoms with Crippen molar-refractivity contribution in [2.24, 2.45) is 0 Å². The summed E-state index contributed by atoms with van der Waals surface area (Å²) in [6.07, 6.45) is 1.48. The fourth-order valence-electron chi connectivity index (χ4n) is 2.91. The second kappa shape index (κ2) is 7.52. The molecule has 1 aromatic carbocycles. The first-order valence-electron chi connectivity index (χ1n) is 8.67. The lowest BCUT2D eigenvalue weighted by Crippen LogP contribution is -2.15. The van der Waals surface area contributed by atoms with Gasteiger partial charge in [0.2, 0.25) is 0 Å². The summed E-state index contributed by atoms with van der Waals surface area (Å²) in [4.78, 5) is 4.05. The first-order valence-corrected chi connectivity index (χ1v) is 10.5. The van der Waals surface area contributed by atoms with Crippen LogP contribution in [0.5, 0.6) is 0 Å². The van der Waals surface area contributed by atoms with E-state index in [0.29, 0.717) is 18.9 Å². The summed E-state index contributed by atoms with van der Waals surface area (Å²) in [7, 11) is -4.03. The summed E-state index contributed by atoms with van der Waals surface area (Å²) in [5.74, 6) is 5.75. The third-order valence-electron chi connectivity index (χ3n) is 4.46.